The molecule has 18 heavy (non-hydrogen) atoms. The van der Waals surface area contributed by atoms with Crippen LogP contribution in [0.2, 0.25) is 0 Å². The van der Waals surface area contributed by atoms with Gasteiger partial charge in [0.2, 0.25) is 5.91 Å². The molecule has 1 atom stereocenters. The molecule has 0 saturated carbocycles. The fraction of sp³-hybridized carbons (Fsp3) is 0.500. The number of benzene rings is 1. The molecule has 0 aliphatic carbocycles. The van der Waals surface area contributed by atoms with Crippen LogP contribution >= 0.6 is 0 Å². The number of nitrogens with one attached hydrogen (secondary N) is 2. The molecule has 0 saturated heterocycles. The van der Waals surface area contributed by atoms with Crippen LogP contribution in [-0.2, 0) is 4.79 Å². The molecule has 0 spiro atoms. The second-order valence-electron chi connectivity index (χ2n) is 4.60. The Kier molecular flexibility index (Phi) is 4.20. The number of hydrogen-bond acceptors (Lipinski definition) is 3. The molecule has 2 rings (SSSR count). The molecule has 1 heterocycles. The summed E-state index contributed by atoms with van der Waals surface area (Å²) in [5.74, 6) is 0.100. The number of amides is 1. The lowest BCUT2D eigenvalue weighted by atomic mass is 9.96. The van der Waals surface area contributed by atoms with E-state index in [-0.39, 0.29) is 5.91 Å². The van der Waals surface area contributed by atoms with Crippen LogP contribution in [0.4, 0.5) is 5.69 Å². The maximum Gasteiger partial charge on any atom is 0.221 e. The van der Waals surface area contributed by atoms with E-state index >= 15 is 0 Å². The average molecular weight is 247 g/mol. The molecular weight excluding hydrogens is 226 g/mol. The van der Waals surface area contributed by atoms with Crippen molar-refractivity contribution in [1.82, 2.24) is 10.6 Å². The van der Waals surface area contributed by atoms with Crippen molar-refractivity contribution in [3.05, 3.63) is 29.8 Å². The third kappa shape index (κ3) is 2.64. The van der Waals surface area contributed by atoms with Crippen molar-refractivity contribution in [2.75, 3.05) is 32.1 Å². The van der Waals surface area contributed by atoms with Crippen molar-refractivity contribution in [1.29, 1.82) is 0 Å². The highest BCUT2D eigenvalue weighted by atomic mass is 16.1. The number of rotatable bonds is 4. The minimum Gasteiger partial charge on any atom is -0.371 e. The molecule has 1 aliphatic rings. The Morgan fingerprint density at radius 3 is 2.89 bits per heavy atom. The van der Waals surface area contributed by atoms with Crippen LogP contribution in [0.3, 0.4) is 0 Å². The van der Waals surface area contributed by atoms with Gasteiger partial charge in [0.1, 0.15) is 0 Å². The van der Waals surface area contributed by atoms with Crippen molar-refractivity contribution in [3.8, 4) is 0 Å². The van der Waals surface area contributed by atoms with E-state index in [9.17, 15) is 4.79 Å². The molecule has 98 valence electrons. The van der Waals surface area contributed by atoms with Gasteiger partial charge in [-0.1, -0.05) is 18.2 Å². The first-order valence-corrected chi connectivity index (χ1v) is 6.48. The second kappa shape index (κ2) is 5.87. The van der Waals surface area contributed by atoms with Crippen LogP contribution in [0.15, 0.2) is 24.3 Å². The molecule has 1 aromatic carbocycles. The van der Waals surface area contributed by atoms with Crippen molar-refractivity contribution in [2.24, 2.45) is 0 Å². The SMILES string of the molecule is CNC(=O)CCN1CCC(NC)c2ccccc21. The van der Waals surface area contributed by atoms with Gasteiger partial charge in [0.15, 0.2) is 0 Å². The molecule has 0 bridgehead atoms. The minimum atomic E-state index is 0.100. The van der Waals surface area contributed by atoms with Crippen molar-refractivity contribution < 1.29 is 4.79 Å². The summed E-state index contributed by atoms with van der Waals surface area (Å²) in [5, 5.41) is 6.02. The molecule has 1 unspecified atom stereocenters. The molecule has 0 radical (unpaired) electrons. The first-order valence-electron chi connectivity index (χ1n) is 6.48. The third-order valence-electron chi connectivity index (χ3n) is 3.58. The first kappa shape index (κ1) is 12.9. The number of nitrogens with zero attached hydrogens (tertiary/aromatic N) is 1. The monoisotopic (exact) mass is 247 g/mol. The Bertz CT molecular complexity index is 419. The van der Waals surface area contributed by atoms with Crippen molar-refractivity contribution in [3.63, 3.8) is 0 Å². The molecule has 2 N–H and O–H groups in total. The number of para-hydroxylation sites is 1. The lowest BCUT2D eigenvalue weighted by Crippen LogP contribution is -2.37. The highest BCUT2D eigenvalue weighted by Gasteiger charge is 2.23. The fourth-order valence-corrected chi connectivity index (χ4v) is 2.52. The van der Waals surface area contributed by atoms with Gasteiger partial charge >= 0.3 is 0 Å². The van der Waals surface area contributed by atoms with Crippen LogP contribution in [0.1, 0.15) is 24.4 Å². The minimum absolute atomic E-state index is 0.100. The zero-order valence-corrected chi connectivity index (χ0v) is 11.1. The number of anilines is 1. The average Bonchev–Trinajstić information content (AvgIpc) is 2.44. The Labute approximate surface area is 108 Å². The normalized spacial score (nSPS) is 18.3. The molecule has 1 aromatic rings. The predicted molar refractivity (Wildman–Crippen MR) is 73.8 cm³/mol. The summed E-state index contributed by atoms with van der Waals surface area (Å²) in [6, 6.07) is 8.87. The molecule has 1 aliphatic heterocycles. The fourth-order valence-electron chi connectivity index (χ4n) is 2.52. The van der Waals surface area contributed by atoms with Crippen LogP contribution in [0, 0.1) is 0 Å². The van der Waals surface area contributed by atoms with Gasteiger partial charge in [0.25, 0.3) is 0 Å². The van der Waals surface area contributed by atoms with Crippen LogP contribution < -0.4 is 15.5 Å². The van der Waals surface area contributed by atoms with Gasteiger partial charge < -0.3 is 15.5 Å². The maximum absolute atomic E-state index is 11.3. The van der Waals surface area contributed by atoms with Gasteiger partial charge in [-0.15, -0.1) is 0 Å². The summed E-state index contributed by atoms with van der Waals surface area (Å²) in [4.78, 5) is 13.6. The molecule has 4 nitrogen and oxygen atoms in total. The molecule has 0 aromatic heterocycles. The first-order chi connectivity index (χ1) is 8.76. The van der Waals surface area contributed by atoms with E-state index < -0.39 is 0 Å². The Hall–Kier alpha value is -1.55. The number of fused-ring (bicyclic) bond motifs is 1. The van der Waals surface area contributed by atoms with E-state index in [4.69, 9.17) is 0 Å². The highest BCUT2D eigenvalue weighted by Crippen LogP contribution is 2.33. The van der Waals surface area contributed by atoms with Gasteiger partial charge in [-0.25, -0.2) is 0 Å². The van der Waals surface area contributed by atoms with E-state index in [1.54, 1.807) is 7.05 Å². The number of hydrogen-bond donors (Lipinski definition) is 2. The van der Waals surface area contributed by atoms with E-state index in [1.807, 2.05) is 7.05 Å². The lowest BCUT2D eigenvalue weighted by Gasteiger charge is -2.35. The largest absolute Gasteiger partial charge is 0.371 e. The van der Waals surface area contributed by atoms with Gasteiger partial charge in [0, 0.05) is 38.3 Å². The van der Waals surface area contributed by atoms with Gasteiger partial charge in [0.05, 0.1) is 0 Å². The smallest absolute Gasteiger partial charge is 0.221 e. The standard InChI is InChI=1S/C14H21N3O/c1-15-12-7-9-17(10-8-14(18)16-2)13-6-4-3-5-11(12)13/h3-6,12,15H,7-10H2,1-2H3,(H,16,18). The van der Waals surface area contributed by atoms with Gasteiger partial charge in [-0.2, -0.15) is 0 Å². The molecular formula is C14H21N3O. The number of carbonyl (C=O) groups is 1. The van der Waals surface area contributed by atoms with Crippen LogP contribution in [-0.4, -0.2) is 33.1 Å². The summed E-state index contributed by atoms with van der Waals surface area (Å²) >= 11 is 0. The van der Waals surface area contributed by atoms with Crippen molar-refractivity contribution >= 4 is 11.6 Å². The Morgan fingerprint density at radius 2 is 2.17 bits per heavy atom. The van der Waals surface area contributed by atoms with Gasteiger partial charge in [-0.3, -0.25) is 4.79 Å². The molecule has 1 amide bonds. The Morgan fingerprint density at radius 1 is 1.39 bits per heavy atom. The maximum atomic E-state index is 11.3. The van der Waals surface area contributed by atoms with Crippen molar-refractivity contribution in [2.45, 2.75) is 18.9 Å². The quantitative estimate of drug-likeness (QED) is 0.843. The van der Waals surface area contributed by atoms with E-state index in [1.165, 1.54) is 11.3 Å². The summed E-state index contributed by atoms with van der Waals surface area (Å²) in [7, 11) is 3.69. The lowest BCUT2D eigenvalue weighted by molar-refractivity contribution is -0.120. The predicted octanol–water partition coefficient (Wildman–Crippen LogP) is 1.29. The second-order valence-corrected chi connectivity index (χ2v) is 4.60. The molecule has 4 heteroatoms. The molecule has 0 fully saturated rings. The third-order valence-corrected chi connectivity index (χ3v) is 3.58. The summed E-state index contributed by atoms with van der Waals surface area (Å²) in [5.41, 5.74) is 2.59. The topological polar surface area (TPSA) is 44.4 Å². The summed E-state index contributed by atoms with van der Waals surface area (Å²) in [6.45, 7) is 1.78. The van der Waals surface area contributed by atoms with E-state index in [0.717, 1.165) is 19.5 Å². The van der Waals surface area contributed by atoms with Crippen LogP contribution in [0.25, 0.3) is 0 Å². The Balaban J connectivity index is 2.12. The zero-order valence-electron chi connectivity index (χ0n) is 11.1. The summed E-state index contributed by atoms with van der Waals surface area (Å²) in [6.07, 6.45) is 1.64. The van der Waals surface area contributed by atoms with Crippen LogP contribution in [0.5, 0.6) is 0 Å². The van der Waals surface area contributed by atoms with E-state index in [0.29, 0.717) is 12.5 Å². The zero-order chi connectivity index (χ0) is 13.0. The van der Waals surface area contributed by atoms with E-state index in [2.05, 4.69) is 39.8 Å². The number of carbonyl (C=O) groups excluding carboxylic acids is 1. The van der Waals surface area contributed by atoms with Gasteiger partial charge in [-0.05, 0) is 25.1 Å². The highest BCUT2D eigenvalue weighted by molar-refractivity contribution is 5.76. The summed E-state index contributed by atoms with van der Waals surface area (Å²) < 4.78 is 0.